The molecule has 1 aromatic rings. The number of alkyl halides is 1. The fraction of sp³-hybridized carbons (Fsp3) is 0.533. The molecule has 3 heteroatoms. The molecule has 1 unspecified atom stereocenters. The van der Waals surface area contributed by atoms with Gasteiger partial charge in [-0.05, 0) is 17.9 Å². The Bertz CT molecular complexity index is 416. The van der Waals surface area contributed by atoms with Crippen LogP contribution in [0.25, 0.3) is 0 Å². The molecule has 1 atom stereocenters. The fourth-order valence-corrected chi connectivity index (χ4v) is 3.71. The summed E-state index contributed by atoms with van der Waals surface area (Å²) in [5, 5.41) is 0.908. The number of likely N-dealkylation sites (tertiary alicyclic amines) is 1. The smallest absolute Gasteiger partial charge is 0.228 e. The minimum absolute atomic E-state index is 0.253. The van der Waals surface area contributed by atoms with Gasteiger partial charge in [-0.2, -0.15) is 0 Å². The Morgan fingerprint density at radius 1 is 1.33 bits per heavy atom. The van der Waals surface area contributed by atoms with Crippen molar-refractivity contribution in [2.24, 2.45) is 11.3 Å². The van der Waals surface area contributed by atoms with Gasteiger partial charge in [-0.15, -0.1) is 0 Å². The quantitative estimate of drug-likeness (QED) is 0.783. The molecule has 0 saturated carbocycles. The highest BCUT2D eigenvalue weighted by molar-refractivity contribution is 9.09. The van der Waals surface area contributed by atoms with Crippen molar-refractivity contribution in [1.82, 2.24) is 4.90 Å². The van der Waals surface area contributed by atoms with Crippen LogP contribution in [0.15, 0.2) is 30.3 Å². The Labute approximate surface area is 117 Å². The number of hydrogen-bond acceptors (Lipinski definition) is 1. The third-order valence-corrected chi connectivity index (χ3v) is 4.79. The van der Waals surface area contributed by atoms with E-state index in [1.54, 1.807) is 0 Å². The number of halogens is 1. The largest absolute Gasteiger partial charge is 0.338 e. The van der Waals surface area contributed by atoms with Gasteiger partial charge in [0.05, 0.1) is 0 Å². The second kappa shape index (κ2) is 5.43. The number of carbonyl (C=O) groups excluding carboxylic acids is 1. The van der Waals surface area contributed by atoms with Gasteiger partial charge >= 0.3 is 0 Å². The van der Waals surface area contributed by atoms with Crippen molar-refractivity contribution >= 4 is 21.8 Å². The summed E-state index contributed by atoms with van der Waals surface area (Å²) in [6, 6.07) is 10.2. The van der Waals surface area contributed by atoms with Crippen molar-refractivity contribution in [3.63, 3.8) is 0 Å². The summed E-state index contributed by atoms with van der Waals surface area (Å²) in [6.07, 6.45) is 1.08. The zero-order valence-electron chi connectivity index (χ0n) is 11.0. The Morgan fingerprint density at radius 3 is 2.61 bits per heavy atom. The van der Waals surface area contributed by atoms with E-state index in [-0.39, 0.29) is 11.3 Å². The lowest BCUT2D eigenvalue weighted by Crippen LogP contribution is -2.50. The highest BCUT2D eigenvalue weighted by atomic mass is 79.9. The molecule has 1 heterocycles. The maximum absolute atomic E-state index is 12.5. The molecular weight excluding hydrogens is 290 g/mol. The summed E-state index contributed by atoms with van der Waals surface area (Å²) >= 11 is 3.53. The van der Waals surface area contributed by atoms with Crippen molar-refractivity contribution < 1.29 is 4.79 Å². The number of hydrogen-bond donors (Lipinski definition) is 0. The van der Waals surface area contributed by atoms with Crippen LogP contribution in [0.4, 0.5) is 0 Å². The van der Waals surface area contributed by atoms with Crippen LogP contribution in [-0.4, -0.2) is 22.7 Å². The highest BCUT2D eigenvalue weighted by Gasteiger charge is 2.42. The van der Waals surface area contributed by atoms with Crippen molar-refractivity contribution in [1.29, 1.82) is 0 Å². The molecule has 18 heavy (non-hydrogen) atoms. The summed E-state index contributed by atoms with van der Waals surface area (Å²) in [7, 11) is 0. The van der Waals surface area contributed by atoms with Crippen molar-refractivity contribution in [2.75, 3.05) is 11.9 Å². The van der Waals surface area contributed by atoms with Crippen LogP contribution in [0.3, 0.4) is 0 Å². The maximum atomic E-state index is 12.5. The van der Waals surface area contributed by atoms with Gasteiger partial charge < -0.3 is 4.90 Å². The Hall–Kier alpha value is -0.830. The summed E-state index contributed by atoms with van der Waals surface area (Å²) in [5.74, 6) is 0.721. The number of piperidine rings is 1. The maximum Gasteiger partial charge on any atom is 0.228 e. The van der Waals surface area contributed by atoms with E-state index in [0.717, 1.165) is 24.8 Å². The molecular formula is C15H20BrNO. The Morgan fingerprint density at radius 2 is 2.00 bits per heavy atom. The van der Waals surface area contributed by atoms with Crippen molar-refractivity contribution in [2.45, 2.75) is 26.8 Å². The van der Waals surface area contributed by atoms with E-state index in [9.17, 15) is 4.79 Å². The zero-order chi connectivity index (χ0) is 13.2. The summed E-state index contributed by atoms with van der Waals surface area (Å²) in [5.41, 5.74) is 0.954. The normalized spacial score (nSPS) is 23.2. The van der Waals surface area contributed by atoms with Crippen LogP contribution < -0.4 is 0 Å². The monoisotopic (exact) mass is 309 g/mol. The Kier molecular flexibility index (Phi) is 4.10. The minimum Gasteiger partial charge on any atom is -0.338 e. The number of nitrogens with zero attached hydrogens (tertiary/aromatic N) is 1. The fourth-order valence-electron chi connectivity index (χ4n) is 2.58. The molecule has 2 nitrogen and oxygen atoms in total. The molecule has 1 amide bonds. The molecule has 0 N–H and O–H groups in total. The third-order valence-electron chi connectivity index (χ3n) is 4.01. The van der Waals surface area contributed by atoms with E-state index < -0.39 is 0 Å². The van der Waals surface area contributed by atoms with Crippen LogP contribution in [0.2, 0.25) is 0 Å². The minimum atomic E-state index is -0.253. The first-order chi connectivity index (χ1) is 8.55. The molecule has 98 valence electrons. The van der Waals surface area contributed by atoms with E-state index in [2.05, 4.69) is 41.9 Å². The molecule has 0 bridgehead atoms. The van der Waals surface area contributed by atoms with Crippen LogP contribution >= 0.6 is 15.9 Å². The summed E-state index contributed by atoms with van der Waals surface area (Å²) in [4.78, 5) is 14.5. The van der Waals surface area contributed by atoms with Crippen LogP contribution in [0.1, 0.15) is 25.8 Å². The number of carbonyl (C=O) groups is 1. The third kappa shape index (κ3) is 2.61. The van der Waals surface area contributed by atoms with Gasteiger partial charge in [0.25, 0.3) is 0 Å². The van der Waals surface area contributed by atoms with Crippen LogP contribution in [-0.2, 0) is 11.3 Å². The molecule has 0 spiro atoms. The van der Waals surface area contributed by atoms with Gasteiger partial charge in [0, 0.05) is 23.8 Å². The van der Waals surface area contributed by atoms with E-state index in [0.29, 0.717) is 5.92 Å². The lowest BCUT2D eigenvalue weighted by atomic mass is 9.74. The SMILES string of the molecule is CC1(C)C(=O)N(Cc2ccccc2)CCC1CBr. The van der Waals surface area contributed by atoms with Gasteiger partial charge in [-0.25, -0.2) is 0 Å². The van der Waals surface area contributed by atoms with Gasteiger partial charge in [0.1, 0.15) is 0 Å². The summed E-state index contributed by atoms with van der Waals surface area (Å²) < 4.78 is 0. The van der Waals surface area contributed by atoms with E-state index >= 15 is 0 Å². The molecule has 0 aliphatic carbocycles. The van der Waals surface area contributed by atoms with Crippen LogP contribution in [0, 0.1) is 11.3 Å². The van der Waals surface area contributed by atoms with Gasteiger partial charge in [0.15, 0.2) is 0 Å². The topological polar surface area (TPSA) is 20.3 Å². The highest BCUT2D eigenvalue weighted by Crippen LogP contribution is 2.37. The molecule has 2 rings (SSSR count). The first-order valence-electron chi connectivity index (χ1n) is 6.45. The summed E-state index contributed by atoms with van der Waals surface area (Å²) in [6.45, 7) is 5.74. The van der Waals surface area contributed by atoms with Crippen LogP contribution in [0.5, 0.6) is 0 Å². The predicted octanol–water partition coefficient (Wildman–Crippen LogP) is 3.46. The average Bonchev–Trinajstić information content (AvgIpc) is 2.37. The second-order valence-corrected chi connectivity index (χ2v) is 6.22. The van der Waals surface area contributed by atoms with E-state index in [1.165, 1.54) is 5.56 Å². The zero-order valence-corrected chi connectivity index (χ0v) is 12.6. The molecule has 1 saturated heterocycles. The number of amides is 1. The number of benzene rings is 1. The molecule has 1 aliphatic rings. The van der Waals surface area contributed by atoms with E-state index in [4.69, 9.17) is 0 Å². The molecule has 0 radical (unpaired) electrons. The molecule has 1 aliphatic heterocycles. The van der Waals surface area contributed by atoms with Gasteiger partial charge in [0.2, 0.25) is 5.91 Å². The number of rotatable bonds is 3. The molecule has 1 aromatic carbocycles. The second-order valence-electron chi connectivity index (χ2n) is 5.57. The van der Waals surface area contributed by atoms with Crippen molar-refractivity contribution in [3.05, 3.63) is 35.9 Å². The van der Waals surface area contributed by atoms with Gasteiger partial charge in [-0.3, -0.25) is 4.79 Å². The first kappa shape index (κ1) is 13.6. The lowest BCUT2D eigenvalue weighted by Gasteiger charge is -2.42. The van der Waals surface area contributed by atoms with Gasteiger partial charge in [-0.1, -0.05) is 60.1 Å². The van der Waals surface area contributed by atoms with Crippen molar-refractivity contribution in [3.8, 4) is 0 Å². The Balaban J connectivity index is 2.10. The van der Waals surface area contributed by atoms with E-state index in [1.807, 2.05) is 23.1 Å². The molecule has 1 fully saturated rings. The molecule has 0 aromatic heterocycles. The lowest BCUT2D eigenvalue weighted by molar-refractivity contribution is -0.148. The predicted molar refractivity (Wildman–Crippen MR) is 77.5 cm³/mol. The average molecular weight is 310 g/mol. The standard InChI is InChI=1S/C15H20BrNO/c1-15(2)13(10-16)8-9-17(14(15)18)11-12-6-4-3-5-7-12/h3-7,13H,8-11H2,1-2H3. The first-order valence-corrected chi connectivity index (χ1v) is 7.57.